The topological polar surface area (TPSA) is 62.6 Å². The van der Waals surface area contributed by atoms with E-state index in [1.165, 1.54) is 19.3 Å². The fourth-order valence-electron chi connectivity index (χ4n) is 3.55. The second kappa shape index (κ2) is 6.77. The van der Waals surface area contributed by atoms with Crippen LogP contribution in [0.1, 0.15) is 42.5 Å². The van der Waals surface area contributed by atoms with Crippen molar-refractivity contribution in [3.05, 3.63) is 46.3 Å². The SMILES string of the molecule is CN(C)C1(CNC(=O)c2cc3ccccc3oc2=O)CCCCC1. The molecule has 5 nitrogen and oxygen atoms in total. The van der Waals surface area contributed by atoms with Crippen LogP contribution in [-0.4, -0.2) is 37.0 Å². The average Bonchev–Trinajstić information content (AvgIpc) is 2.59. The number of hydrogen-bond acceptors (Lipinski definition) is 4. The summed E-state index contributed by atoms with van der Waals surface area (Å²) in [5, 5.41) is 3.71. The first-order valence-electron chi connectivity index (χ1n) is 8.50. The van der Waals surface area contributed by atoms with Gasteiger partial charge in [-0.15, -0.1) is 0 Å². The number of fused-ring (bicyclic) bond motifs is 1. The predicted molar refractivity (Wildman–Crippen MR) is 94.3 cm³/mol. The number of nitrogens with one attached hydrogen (secondary N) is 1. The second-order valence-corrected chi connectivity index (χ2v) is 6.85. The summed E-state index contributed by atoms with van der Waals surface area (Å²) in [6, 6.07) is 8.82. The van der Waals surface area contributed by atoms with Gasteiger partial charge in [-0.1, -0.05) is 37.5 Å². The molecule has 2 aromatic rings. The number of amides is 1. The first-order chi connectivity index (χ1) is 11.5. The molecule has 0 spiro atoms. The highest BCUT2D eigenvalue weighted by Crippen LogP contribution is 2.31. The molecule has 1 N–H and O–H groups in total. The molecule has 1 amide bonds. The molecule has 128 valence electrons. The predicted octanol–water partition coefficient (Wildman–Crippen LogP) is 2.79. The van der Waals surface area contributed by atoms with Crippen LogP contribution in [0.3, 0.4) is 0 Å². The third-order valence-corrected chi connectivity index (χ3v) is 5.20. The first-order valence-corrected chi connectivity index (χ1v) is 8.50. The minimum Gasteiger partial charge on any atom is -0.422 e. The number of para-hydroxylation sites is 1. The Balaban J connectivity index is 1.79. The van der Waals surface area contributed by atoms with E-state index in [-0.39, 0.29) is 17.0 Å². The molecule has 24 heavy (non-hydrogen) atoms. The van der Waals surface area contributed by atoms with Crippen LogP contribution in [0.4, 0.5) is 0 Å². The maximum Gasteiger partial charge on any atom is 0.349 e. The van der Waals surface area contributed by atoms with E-state index in [2.05, 4.69) is 24.3 Å². The number of nitrogens with zero attached hydrogens (tertiary/aromatic N) is 1. The zero-order chi connectivity index (χ0) is 17.2. The van der Waals surface area contributed by atoms with Gasteiger partial charge in [-0.25, -0.2) is 4.79 Å². The van der Waals surface area contributed by atoms with E-state index in [1.807, 2.05) is 12.1 Å². The Morgan fingerprint density at radius 2 is 1.92 bits per heavy atom. The lowest BCUT2D eigenvalue weighted by atomic mass is 9.80. The molecule has 1 aromatic carbocycles. The molecule has 0 atom stereocenters. The van der Waals surface area contributed by atoms with E-state index in [9.17, 15) is 9.59 Å². The van der Waals surface area contributed by atoms with Gasteiger partial charge in [0.25, 0.3) is 5.91 Å². The van der Waals surface area contributed by atoms with Gasteiger partial charge in [0.2, 0.25) is 0 Å². The van der Waals surface area contributed by atoms with Crippen molar-refractivity contribution in [2.45, 2.75) is 37.6 Å². The van der Waals surface area contributed by atoms with Crippen molar-refractivity contribution < 1.29 is 9.21 Å². The number of carbonyl (C=O) groups excluding carboxylic acids is 1. The van der Waals surface area contributed by atoms with Crippen LogP contribution in [-0.2, 0) is 0 Å². The van der Waals surface area contributed by atoms with Crippen molar-refractivity contribution in [1.29, 1.82) is 0 Å². The summed E-state index contributed by atoms with van der Waals surface area (Å²) >= 11 is 0. The number of carbonyl (C=O) groups is 1. The molecule has 1 saturated carbocycles. The Labute approximate surface area is 141 Å². The molecule has 3 rings (SSSR count). The average molecular weight is 328 g/mol. The molecule has 1 aliphatic carbocycles. The summed E-state index contributed by atoms with van der Waals surface area (Å²) in [4.78, 5) is 26.8. The molecule has 1 fully saturated rings. The summed E-state index contributed by atoms with van der Waals surface area (Å²) in [6.45, 7) is 0.547. The fourth-order valence-corrected chi connectivity index (χ4v) is 3.55. The molecule has 0 unspecified atom stereocenters. The quantitative estimate of drug-likeness (QED) is 0.877. The third-order valence-electron chi connectivity index (χ3n) is 5.20. The van der Waals surface area contributed by atoms with E-state index in [4.69, 9.17) is 4.42 Å². The lowest BCUT2D eigenvalue weighted by Gasteiger charge is -2.43. The molecule has 0 bridgehead atoms. The summed E-state index contributed by atoms with van der Waals surface area (Å²) < 4.78 is 5.25. The van der Waals surface area contributed by atoms with Gasteiger partial charge in [0.1, 0.15) is 11.1 Å². The van der Waals surface area contributed by atoms with Crippen molar-refractivity contribution in [3.63, 3.8) is 0 Å². The Kier molecular flexibility index (Phi) is 4.71. The highest BCUT2D eigenvalue weighted by molar-refractivity contribution is 5.96. The Morgan fingerprint density at radius 3 is 2.62 bits per heavy atom. The van der Waals surface area contributed by atoms with E-state index in [1.54, 1.807) is 18.2 Å². The Morgan fingerprint density at radius 1 is 1.21 bits per heavy atom. The monoisotopic (exact) mass is 328 g/mol. The van der Waals surface area contributed by atoms with Crippen LogP contribution in [0.2, 0.25) is 0 Å². The standard InChI is InChI=1S/C19H24N2O3/c1-21(2)19(10-6-3-7-11-19)13-20-17(22)15-12-14-8-4-5-9-16(14)24-18(15)23/h4-5,8-9,12H,3,6-7,10-11,13H2,1-2H3,(H,20,22). The normalized spacial score (nSPS) is 17.1. The lowest BCUT2D eigenvalue weighted by Crippen LogP contribution is -2.54. The molecule has 0 aliphatic heterocycles. The summed E-state index contributed by atoms with van der Waals surface area (Å²) in [5.41, 5.74) is -0.0476. The van der Waals surface area contributed by atoms with Gasteiger partial charge in [-0.2, -0.15) is 0 Å². The first kappa shape index (κ1) is 16.7. The minimum atomic E-state index is -0.589. The minimum absolute atomic E-state index is 0.0229. The van der Waals surface area contributed by atoms with Gasteiger partial charge < -0.3 is 14.6 Å². The molecular formula is C19H24N2O3. The van der Waals surface area contributed by atoms with Crippen LogP contribution < -0.4 is 10.9 Å². The van der Waals surface area contributed by atoms with Crippen LogP contribution in [0.5, 0.6) is 0 Å². The molecular weight excluding hydrogens is 304 g/mol. The molecule has 1 aliphatic rings. The Hall–Kier alpha value is -2.14. The number of hydrogen-bond donors (Lipinski definition) is 1. The van der Waals surface area contributed by atoms with Crippen molar-refractivity contribution in [3.8, 4) is 0 Å². The number of rotatable bonds is 4. The lowest BCUT2D eigenvalue weighted by molar-refractivity contribution is 0.0797. The summed E-state index contributed by atoms with van der Waals surface area (Å²) in [6.07, 6.45) is 5.72. The largest absolute Gasteiger partial charge is 0.422 e. The molecule has 0 radical (unpaired) electrons. The van der Waals surface area contributed by atoms with Gasteiger partial charge in [-0.05, 0) is 39.1 Å². The van der Waals surface area contributed by atoms with E-state index in [0.29, 0.717) is 12.1 Å². The molecule has 5 heteroatoms. The number of benzene rings is 1. The van der Waals surface area contributed by atoms with Gasteiger partial charge >= 0.3 is 5.63 Å². The van der Waals surface area contributed by atoms with Crippen LogP contribution in [0, 0.1) is 0 Å². The maximum atomic E-state index is 12.5. The number of likely N-dealkylation sites (N-methyl/N-ethyl adjacent to an activating group) is 1. The molecule has 0 saturated heterocycles. The summed E-state index contributed by atoms with van der Waals surface area (Å²) in [5.74, 6) is -0.360. The zero-order valence-corrected chi connectivity index (χ0v) is 14.3. The van der Waals surface area contributed by atoms with E-state index < -0.39 is 5.63 Å². The van der Waals surface area contributed by atoms with Crippen LogP contribution in [0.15, 0.2) is 39.5 Å². The highest BCUT2D eigenvalue weighted by atomic mass is 16.4. The van der Waals surface area contributed by atoms with E-state index in [0.717, 1.165) is 18.2 Å². The van der Waals surface area contributed by atoms with E-state index >= 15 is 0 Å². The second-order valence-electron chi connectivity index (χ2n) is 6.85. The fraction of sp³-hybridized carbons (Fsp3) is 0.474. The van der Waals surface area contributed by atoms with Crippen molar-refractivity contribution >= 4 is 16.9 Å². The molecule has 1 aromatic heterocycles. The summed E-state index contributed by atoms with van der Waals surface area (Å²) in [7, 11) is 4.11. The van der Waals surface area contributed by atoms with Crippen molar-refractivity contribution in [2.24, 2.45) is 0 Å². The molecule has 1 heterocycles. The van der Waals surface area contributed by atoms with Gasteiger partial charge in [-0.3, -0.25) is 4.79 Å². The zero-order valence-electron chi connectivity index (χ0n) is 14.3. The van der Waals surface area contributed by atoms with Crippen molar-refractivity contribution in [1.82, 2.24) is 10.2 Å². The van der Waals surface area contributed by atoms with Crippen LogP contribution >= 0.6 is 0 Å². The Bertz CT molecular complexity index is 789. The maximum absolute atomic E-state index is 12.5. The van der Waals surface area contributed by atoms with Crippen molar-refractivity contribution in [2.75, 3.05) is 20.6 Å². The highest BCUT2D eigenvalue weighted by Gasteiger charge is 2.34. The van der Waals surface area contributed by atoms with Gasteiger partial charge in [0.05, 0.1) is 0 Å². The van der Waals surface area contributed by atoms with Gasteiger partial charge in [0, 0.05) is 17.5 Å². The van der Waals surface area contributed by atoms with Crippen LogP contribution in [0.25, 0.3) is 11.0 Å². The third kappa shape index (κ3) is 3.22. The van der Waals surface area contributed by atoms with Gasteiger partial charge in [0.15, 0.2) is 0 Å². The smallest absolute Gasteiger partial charge is 0.349 e.